The number of amides is 1. The second-order valence-corrected chi connectivity index (χ2v) is 7.09. The summed E-state index contributed by atoms with van der Waals surface area (Å²) in [4.78, 5) is 24.1. The van der Waals surface area contributed by atoms with Crippen molar-refractivity contribution in [3.8, 4) is 0 Å². The molecule has 0 aliphatic rings. The average molecular weight is 374 g/mol. The van der Waals surface area contributed by atoms with Crippen LogP contribution < -0.4 is 5.32 Å². The van der Waals surface area contributed by atoms with Crippen molar-refractivity contribution in [1.29, 1.82) is 0 Å². The van der Waals surface area contributed by atoms with Crippen molar-refractivity contribution in [2.24, 2.45) is 0 Å². The Morgan fingerprint density at radius 1 is 1.35 bits per heavy atom. The van der Waals surface area contributed by atoms with Gasteiger partial charge < -0.3 is 10.1 Å². The minimum absolute atomic E-state index is 0.0567. The van der Waals surface area contributed by atoms with Crippen molar-refractivity contribution in [3.63, 3.8) is 0 Å². The maximum atomic E-state index is 12.1. The van der Waals surface area contributed by atoms with Gasteiger partial charge in [0, 0.05) is 21.2 Å². The van der Waals surface area contributed by atoms with Gasteiger partial charge in [-0.25, -0.2) is 4.79 Å². The maximum absolute atomic E-state index is 12.1. The first-order valence-corrected chi connectivity index (χ1v) is 8.83. The number of ether oxygens (including phenoxy) is 1. The Hall–Kier alpha value is -1.30. The molecule has 0 aliphatic carbocycles. The lowest BCUT2D eigenvalue weighted by Gasteiger charge is -2.12. The normalized spacial score (nSPS) is 12.2. The van der Waals surface area contributed by atoms with Crippen molar-refractivity contribution >= 4 is 56.5 Å². The highest BCUT2D eigenvalue weighted by atomic mass is 35.5. The standard InChI is InChI=1S/C16H17Cl2NO3S/c1-3-4-9(2)19-13(20)8-22-16(21)15-14(18)11-6-5-10(17)7-12(11)23-15/h5-7,9H,3-4,8H2,1-2H3,(H,19,20)/t9-/m1/s1. The van der Waals surface area contributed by atoms with Crippen molar-refractivity contribution in [1.82, 2.24) is 5.32 Å². The van der Waals surface area contributed by atoms with Crippen LogP contribution in [0.2, 0.25) is 10.0 Å². The summed E-state index contributed by atoms with van der Waals surface area (Å²) in [5.41, 5.74) is 0. The second kappa shape index (κ2) is 7.99. The number of esters is 1. The molecule has 4 nitrogen and oxygen atoms in total. The van der Waals surface area contributed by atoms with Gasteiger partial charge >= 0.3 is 5.97 Å². The van der Waals surface area contributed by atoms with Crippen LogP contribution in [0.15, 0.2) is 18.2 Å². The lowest BCUT2D eigenvalue weighted by Crippen LogP contribution is -2.35. The highest BCUT2D eigenvalue weighted by molar-refractivity contribution is 7.21. The van der Waals surface area contributed by atoms with Crippen LogP contribution in [-0.4, -0.2) is 24.5 Å². The van der Waals surface area contributed by atoms with Crippen LogP contribution in [0.3, 0.4) is 0 Å². The van der Waals surface area contributed by atoms with Crippen LogP contribution in [0.4, 0.5) is 0 Å². The summed E-state index contributed by atoms with van der Waals surface area (Å²) < 4.78 is 5.85. The molecule has 23 heavy (non-hydrogen) atoms. The summed E-state index contributed by atoms with van der Waals surface area (Å²) in [6.07, 6.45) is 1.85. The molecule has 7 heteroatoms. The highest BCUT2D eigenvalue weighted by Gasteiger charge is 2.19. The van der Waals surface area contributed by atoms with E-state index >= 15 is 0 Å². The third-order valence-corrected chi connectivity index (χ3v) is 5.11. The Balaban J connectivity index is 2.01. The molecule has 1 N–H and O–H groups in total. The quantitative estimate of drug-likeness (QED) is 0.748. The highest BCUT2D eigenvalue weighted by Crippen LogP contribution is 2.37. The molecule has 0 aliphatic heterocycles. The predicted octanol–water partition coefficient (Wildman–Crippen LogP) is 4.67. The number of hydrogen-bond donors (Lipinski definition) is 1. The molecular weight excluding hydrogens is 357 g/mol. The van der Waals surface area contributed by atoms with E-state index in [0.717, 1.165) is 22.9 Å². The van der Waals surface area contributed by atoms with E-state index in [1.807, 2.05) is 13.8 Å². The topological polar surface area (TPSA) is 55.4 Å². The SMILES string of the molecule is CCC[C@@H](C)NC(=O)COC(=O)c1sc2cc(Cl)ccc2c1Cl. The number of carbonyl (C=O) groups excluding carboxylic acids is 2. The number of halogens is 2. The fourth-order valence-corrected chi connectivity index (χ4v) is 3.87. The molecular formula is C16H17Cl2NO3S. The lowest BCUT2D eigenvalue weighted by molar-refractivity contribution is -0.124. The van der Waals surface area contributed by atoms with Crippen LogP contribution in [0.5, 0.6) is 0 Å². The molecule has 0 bridgehead atoms. The Kier molecular flexibility index (Phi) is 6.27. The number of fused-ring (bicyclic) bond motifs is 1. The summed E-state index contributed by atoms with van der Waals surface area (Å²) >= 11 is 13.3. The average Bonchev–Trinajstić information content (AvgIpc) is 2.81. The molecule has 2 aromatic rings. The molecule has 0 unspecified atom stereocenters. The minimum atomic E-state index is -0.606. The van der Waals surface area contributed by atoms with Crippen LogP contribution in [0, 0.1) is 0 Å². The largest absolute Gasteiger partial charge is 0.451 e. The lowest BCUT2D eigenvalue weighted by atomic mass is 10.2. The van der Waals surface area contributed by atoms with Gasteiger partial charge in [0.2, 0.25) is 0 Å². The van der Waals surface area contributed by atoms with Crippen molar-refractivity contribution in [3.05, 3.63) is 33.1 Å². The molecule has 1 aromatic carbocycles. The molecule has 0 radical (unpaired) electrons. The zero-order valence-electron chi connectivity index (χ0n) is 12.8. The van der Waals surface area contributed by atoms with Crippen LogP contribution in [0.25, 0.3) is 10.1 Å². The molecule has 1 aromatic heterocycles. The number of carbonyl (C=O) groups is 2. The monoisotopic (exact) mass is 373 g/mol. The molecule has 1 heterocycles. The van der Waals surface area contributed by atoms with E-state index in [9.17, 15) is 9.59 Å². The summed E-state index contributed by atoms with van der Waals surface area (Å²) in [6, 6.07) is 5.26. The van der Waals surface area contributed by atoms with Gasteiger partial charge in [0.1, 0.15) is 4.88 Å². The summed E-state index contributed by atoms with van der Waals surface area (Å²) in [5, 5.41) is 4.41. The summed E-state index contributed by atoms with van der Waals surface area (Å²) in [7, 11) is 0. The Morgan fingerprint density at radius 3 is 2.78 bits per heavy atom. The molecule has 0 saturated carbocycles. The number of benzene rings is 1. The smallest absolute Gasteiger partial charge is 0.350 e. The Morgan fingerprint density at radius 2 is 2.09 bits per heavy atom. The third kappa shape index (κ3) is 4.59. The fraction of sp³-hybridized carbons (Fsp3) is 0.375. The zero-order chi connectivity index (χ0) is 17.0. The Bertz CT molecular complexity index is 729. The van der Waals surface area contributed by atoms with Crippen molar-refractivity contribution in [2.45, 2.75) is 32.7 Å². The van der Waals surface area contributed by atoms with E-state index in [1.165, 1.54) is 11.3 Å². The van der Waals surface area contributed by atoms with Gasteiger partial charge in [-0.1, -0.05) is 42.6 Å². The second-order valence-electron chi connectivity index (χ2n) is 5.22. The van der Waals surface area contributed by atoms with E-state index in [2.05, 4.69) is 5.32 Å². The molecule has 124 valence electrons. The van der Waals surface area contributed by atoms with Crippen LogP contribution in [-0.2, 0) is 9.53 Å². The van der Waals surface area contributed by atoms with Gasteiger partial charge in [-0.05, 0) is 25.5 Å². The van der Waals surface area contributed by atoms with E-state index in [1.54, 1.807) is 18.2 Å². The maximum Gasteiger partial charge on any atom is 0.350 e. The van der Waals surface area contributed by atoms with Gasteiger partial charge in [-0.3, -0.25) is 4.79 Å². The van der Waals surface area contributed by atoms with E-state index in [-0.39, 0.29) is 23.4 Å². The summed E-state index contributed by atoms with van der Waals surface area (Å²) in [5.74, 6) is -0.926. The van der Waals surface area contributed by atoms with Gasteiger partial charge in [0.25, 0.3) is 5.91 Å². The van der Waals surface area contributed by atoms with Crippen molar-refractivity contribution in [2.75, 3.05) is 6.61 Å². The molecule has 1 atom stereocenters. The van der Waals surface area contributed by atoms with Crippen molar-refractivity contribution < 1.29 is 14.3 Å². The first kappa shape index (κ1) is 18.0. The first-order valence-electron chi connectivity index (χ1n) is 7.26. The molecule has 0 saturated heterocycles. The number of rotatable bonds is 6. The third-order valence-electron chi connectivity index (χ3n) is 3.24. The van der Waals surface area contributed by atoms with Gasteiger partial charge in [-0.15, -0.1) is 11.3 Å². The van der Waals surface area contributed by atoms with Crippen LogP contribution >= 0.6 is 34.5 Å². The number of nitrogens with one attached hydrogen (secondary N) is 1. The Labute approximate surface area is 148 Å². The van der Waals surface area contributed by atoms with Gasteiger partial charge in [0.05, 0.1) is 5.02 Å². The van der Waals surface area contributed by atoms with E-state index < -0.39 is 5.97 Å². The fourth-order valence-electron chi connectivity index (χ4n) is 2.19. The molecule has 2 rings (SSSR count). The minimum Gasteiger partial charge on any atom is -0.451 e. The molecule has 0 fully saturated rings. The van der Waals surface area contributed by atoms with Gasteiger partial charge in [-0.2, -0.15) is 0 Å². The molecule has 1 amide bonds. The molecule has 0 spiro atoms. The summed E-state index contributed by atoms with van der Waals surface area (Å²) in [6.45, 7) is 3.63. The number of hydrogen-bond acceptors (Lipinski definition) is 4. The van der Waals surface area contributed by atoms with E-state index in [4.69, 9.17) is 27.9 Å². The zero-order valence-corrected chi connectivity index (χ0v) is 15.1. The first-order chi connectivity index (χ1) is 10.9. The predicted molar refractivity (Wildman–Crippen MR) is 94.6 cm³/mol. The van der Waals surface area contributed by atoms with Gasteiger partial charge in [0.15, 0.2) is 6.61 Å². The number of thiophene rings is 1. The van der Waals surface area contributed by atoms with E-state index in [0.29, 0.717) is 10.0 Å². The van der Waals surface area contributed by atoms with Crippen LogP contribution in [0.1, 0.15) is 36.4 Å².